The Morgan fingerprint density at radius 3 is 2.46 bits per heavy atom. The number of likely N-dealkylation sites (tertiary alicyclic amines) is 1. The van der Waals surface area contributed by atoms with E-state index in [1.165, 1.54) is 0 Å². The smallest absolute Gasteiger partial charge is 0.410 e. The summed E-state index contributed by atoms with van der Waals surface area (Å²) in [6.45, 7) is 7.40. The van der Waals surface area contributed by atoms with Gasteiger partial charge in [0.1, 0.15) is 12.2 Å². The average Bonchev–Trinajstić information content (AvgIpc) is 3.23. The maximum Gasteiger partial charge on any atom is 0.410 e. The SMILES string of the molecule is CC(C)(C)OC(=O)NC1COC2(CCC(SCC3(O)CCN(C(=O)OCc4ccccc4)CC3)CC2)C1. The monoisotopic (exact) mass is 534 g/mol. The number of alkyl carbamates (subject to hydrolysis) is 1. The van der Waals surface area contributed by atoms with E-state index in [0.717, 1.165) is 37.7 Å². The normalized spacial score (nSPS) is 27.6. The molecule has 4 rings (SSSR count). The summed E-state index contributed by atoms with van der Waals surface area (Å²) in [6.07, 6.45) is 5.28. The summed E-state index contributed by atoms with van der Waals surface area (Å²) in [6, 6.07) is 9.65. The Kier molecular flexibility index (Phi) is 8.96. The molecule has 1 unspecified atom stereocenters. The van der Waals surface area contributed by atoms with E-state index in [1.807, 2.05) is 62.9 Å². The number of amides is 2. The Morgan fingerprint density at radius 1 is 1.14 bits per heavy atom. The highest BCUT2D eigenvalue weighted by atomic mass is 32.2. The average molecular weight is 535 g/mol. The molecule has 2 N–H and O–H groups in total. The number of carbonyl (C=O) groups excluding carboxylic acids is 2. The molecule has 1 aromatic carbocycles. The fourth-order valence-electron chi connectivity index (χ4n) is 5.38. The Morgan fingerprint density at radius 2 is 1.81 bits per heavy atom. The van der Waals surface area contributed by atoms with Gasteiger partial charge < -0.3 is 29.5 Å². The van der Waals surface area contributed by atoms with Crippen LogP contribution >= 0.6 is 11.8 Å². The number of carbonyl (C=O) groups is 2. The molecular weight excluding hydrogens is 492 g/mol. The predicted molar refractivity (Wildman–Crippen MR) is 144 cm³/mol. The lowest BCUT2D eigenvalue weighted by atomic mass is 9.82. The molecule has 3 fully saturated rings. The molecule has 3 aliphatic rings. The van der Waals surface area contributed by atoms with Crippen molar-refractivity contribution < 1.29 is 28.9 Å². The molecule has 1 aliphatic carbocycles. The number of rotatable bonds is 6. The van der Waals surface area contributed by atoms with Crippen molar-refractivity contribution in [3.8, 4) is 0 Å². The molecule has 0 bridgehead atoms. The van der Waals surface area contributed by atoms with Gasteiger partial charge in [0.05, 0.1) is 23.9 Å². The first-order valence-corrected chi connectivity index (χ1v) is 14.5. The van der Waals surface area contributed by atoms with Crippen molar-refractivity contribution in [2.75, 3.05) is 25.4 Å². The Labute approximate surface area is 224 Å². The molecule has 8 nitrogen and oxygen atoms in total. The van der Waals surface area contributed by atoms with Crippen LogP contribution in [0.25, 0.3) is 0 Å². The maximum absolute atomic E-state index is 12.4. The van der Waals surface area contributed by atoms with Gasteiger partial charge in [0.15, 0.2) is 0 Å². The van der Waals surface area contributed by atoms with E-state index in [1.54, 1.807) is 4.90 Å². The van der Waals surface area contributed by atoms with Crippen LogP contribution in [0.15, 0.2) is 30.3 Å². The van der Waals surface area contributed by atoms with Crippen molar-refractivity contribution in [1.29, 1.82) is 0 Å². The Balaban J connectivity index is 1.13. The summed E-state index contributed by atoms with van der Waals surface area (Å²) in [5.41, 5.74) is -0.447. The first-order valence-electron chi connectivity index (χ1n) is 13.5. The van der Waals surface area contributed by atoms with Crippen molar-refractivity contribution in [2.45, 2.75) is 100 Å². The first kappa shape index (κ1) is 28.0. The van der Waals surface area contributed by atoms with Gasteiger partial charge in [-0.05, 0) is 71.3 Å². The van der Waals surface area contributed by atoms with Gasteiger partial charge in [0.2, 0.25) is 0 Å². The van der Waals surface area contributed by atoms with Gasteiger partial charge in [0, 0.05) is 24.1 Å². The van der Waals surface area contributed by atoms with Gasteiger partial charge in [-0.15, -0.1) is 0 Å². The van der Waals surface area contributed by atoms with Crippen molar-refractivity contribution in [3.63, 3.8) is 0 Å². The quantitative estimate of drug-likeness (QED) is 0.537. The van der Waals surface area contributed by atoms with Crippen LogP contribution in [0, 0.1) is 0 Å². The summed E-state index contributed by atoms with van der Waals surface area (Å²) in [4.78, 5) is 26.2. The zero-order valence-electron chi connectivity index (χ0n) is 22.4. The molecule has 1 aromatic rings. The molecule has 2 aliphatic heterocycles. The molecule has 9 heteroatoms. The molecule has 2 amide bonds. The second-order valence-electron chi connectivity index (χ2n) is 11.8. The summed E-state index contributed by atoms with van der Waals surface area (Å²) in [5, 5.41) is 14.6. The van der Waals surface area contributed by atoms with Crippen molar-refractivity contribution in [3.05, 3.63) is 35.9 Å². The fourth-order valence-corrected chi connectivity index (χ4v) is 6.78. The number of thioether (sulfide) groups is 1. The third-order valence-corrected chi connectivity index (χ3v) is 9.17. The third kappa shape index (κ3) is 8.26. The topological polar surface area (TPSA) is 97.3 Å². The van der Waals surface area contributed by atoms with Gasteiger partial charge in [-0.2, -0.15) is 11.8 Å². The third-order valence-electron chi connectivity index (χ3n) is 7.52. The maximum atomic E-state index is 12.4. The van der Waals surface area contributed by atoms with Crippen molar-refractivity contribution in [2.24, 2.45) is 0 Å². The van der Waals surface area contributed by atoms with Gasteiger partial charge in [0.25, 0.3) is 0 Å². The predicted octanol–water partition coefficient (Wildman–Crippen LogP) is 4.88. The standard InChI is InChI=1S/C28H42N2O6S/c1-26(2,3)36-24(31)29-22-17-28(35-19-22)11-9-23(10-12-28)37-20-27(33)13-15-30(16-14-27)25(32)34-18-21-7-5-4-6-8-21/h4-8,22-23,33H,9-20H2,1-3H3,(H,29,31). The molecular formula is C28H42N2O6S. The lowest BCUT2D eigenvalue weighted by molar-refractivity contribution is -0.0238. The molecule has 2 heterocycles. The van der Waals surface area contributed by atoms with Crippen LogP contribution in [0.1, 0.15) is 71.3 Å². The number of nitrogens with zero attached hydrogens (tertiary/aromatic N) is 1. The summed E-state index contributed by atoms with van der Waals surface area (Å²) < 4.78 is 17.0. The molecule has 0 aromatic heterocycles. The summed E-state index contributed by atoms with van der Waals surface area (Å²) in [7, 11) is 0. The van der Waals surface area contributed by atoms with E-state index in [0.29, 0.717) is 43.5 Å². The van der Waals surface area contributed by atoms with E-state index in [9.17, 15) is 14.7 Å². The molecule has 0 radical (unpaired) electrons. The van der Waals surface area contributed by atoms with Crippen LogP contribution in [0.4, 0.5) is 9.59 Å². The lowest BCUT2D eigenvalue weighted by Crippen LogP contribution is -2.48. The molecule has 206 valence electrons. The molecule has 1 atom stereocenters. The number of piperidine rings is 1. The zero-order chi connectivity index (χ0) is 26.5. The molecule has 1 spiro atoms. The highest BCUT2D eigenvalue weighted by Gasteiger charge is 2.44. The van der Waals surface area contributed by atoms with Gasteiger partial charge in [-0.3, -0.25) is 0 Å². The van der Waals surface area contributed by atoms with Gasteiger partial charge in [-0.1, -0.05) is 30.3 Å². The van der Waals surface area contributed by atoms with E-state index < -0.39 is 11.2 Å². The van der Waals surface area contributed by atoms with E-state index in [4.69, 9.17) is 14.2 Å². The molecule has 2 saturated heterocycles. The Hall–Kier alpha value is -1.97. The fraction of sp³-hybridized carbons (Fsp3) is 0.714. The van der Waals surface area contributed by atoms with Crippen LogP contribution in [-0.4, -0.2) is 75.7 Å². The van der Waals surface area contributed by atoms with E-state index >= 15 is 0 Å². The largest absolute Gasteiger partial charge is 0.445 e. The lowest BCUT2D eigenvalue weighted by Gasteiger charge is -2.40. The van der Waals surface area contributed by atoms with Crippen LogP contribution < -0.4 is 5.32 Å². The van der Waals surface area contributed by atoms with Crippen LogP contribution in [0.5, 0.6) is 0 Å². The minimum atomic E-state index is -0.748. The number of benzene rings is 1. The zero-order valence-corrected chi connectivity index (χ0v) is 23.2. The number of nitrogens with one attached hydrogen (secondary N) is 1. The second-order valence-corrected chi connectivity index (χ2v) is 13.1. The first-order chi connectivity index (χ1) is 17.5. The number of aliphatic hydroxyl groups is 1. The molecule has 37 heavy (non-hydrogen) atoms. The van der Waals surface area contributed by atoms with Crippen LogP contribution in [-0.2, 0) is 20.8 Å². The van der Waals surface area contributed by atoms with Gasteiger partial charge >= 0.3 is 12.2 Å². The summed E-state index contributed by atoms with van der Waals surface area (Å²) in [5.74, 6) is 0.682. The van der Waals surface area contributed by atoms with Crippen LogP contribution in [0.3, 0.4) is 0 Å². The highest BCUT2D eigenvalue weighted by Crippen LogP contribution is 2.43. The Bertz CT molecular complexity index is 905. The van der Waals surface area contributed by atoms with E-state index in [2.05, 4.69) is 5.32 Å². The van der Waals surface area contributed by atoms with Crippen LogP contribution in [0.2, 0.25) is 0 Å². The minimum Gasteiger partial charge on any atom is -0.445 e. The highest BCUT2D eigenvalue weighted by molar-refractivity contribution is 7.99. The van der Waals surface area contributed by atoms with Gasteiger partial charge in [-0.25, -0.2) is 9.59 Å². The number of hydrogen-bond donors (Lipinski definition) is 2. The van der Waals surface area contributed by atoms with Crippen molar-refractivity contribution >= 4 is 23.9 Å². The number of ether oxygens (including phenoxy) is 3. The van der Waals surface area contributed by atoms with Crippen molar-refractivity contribution in [1.82, 2.24) is 10.2 Å². The number of hydrogen-bond acceptors (Lipinski definition) is 7. The molecule has 1 saturated carbocycles. The summed E-state index contributed by atoms with van der Waals surface area (Å²) >= 11 is 1.85. The minimum absolute atomic E-state index is 0.00988. The van der Waals surface area contributed by atoms with E-state index in [-0.39, 0.29) is 30.4 Å². The second kappa shape index (κ2) is 11.8.